The van der Waals surface area contributed by atoms with Gasteiger partial charge in [-0.1, -0.05) is 0 Å². The van der Waals surface area contributed by atoms with E-state index < -0.39 is 24.0 Å². The number of benzene rings is 1. The summed E-state index contributed by atoms with van der Waals surface area (Å²) in [7, 11) is 1.23. The molecule has 6 nitrogen and oxygen atoms in total. The van der Waals surface area contributed by atoms with Crippen LogP contribution in [0.5, 0.6) is 5.75 Å². The Morgan fingerprint density at radius 1 is 1.35 bits per heavy atom. The van der Waals surface area contributed by atoms with E-state index in [9.17, 15) is 18.4 Å². The van der Waals surface area contributed by atoms with Crippen LogP contribution >= 0.6 is 0 Å². The number of anilines is 2. The Morgan fingerprint density at radius 3 is 2.65 bits per heavy atom. The van der Waals surface area contributed by atoms with Crippen molar-refractivity contribution in [1.82, 2.24) is 0 Å². The maximum Gasteiger partial charge on any atom is 0.338 e. The maximum absolute atomic E-state index is 13.0. The number of alkyl halides is 2. The average molecular weight is 326 g/mol. The number of nitrogens with one attached hydrogen (secondary N) is 2. The first-order chi connectivity index (χ1) is 10.8. The largest absolute Gasteiger partial charge is 0.488 e. The van der Waals surface area contributed by atoms with Crippen LogP contribution in [0.15, 0.2) is 12.1 Å². The number of carbonyl (C=O) groups is 2. The Morgan fingerprint density at radius 2 is 2.04 bits per heavy atom. The van der Waals surface area contributed by atoms with Gasteiger partial charge in [-0.05, 0) is 19.1 Å². The first kappa shape index (κ1) is 15.5. The number of esters is 1. The molecule has 1 aliphatic carbocycles. The summed E-state index contributed by atoms with van der Waals surface area (Å²) in [6.45, 7) is 1.66. The van der Waals surface area contributed by atoms with Crippen molar-refractivity contribution < 1.29 is 27.8 Å². The standard InChI is InChI=1S/C15H16F2N2O4/c1-7-13(20)19-10-3-8(14(21)22-2)4-11(12(10)18-7)23-9-5-15(16,17)6-9/h3-4,7,9,18H,5-6H2,1-2H3,(H,19,20). The van der Waals surface area contributed by atoms with Gasteiger partial charge in [0, 0.05) is 12.8 Å². The van der Waals surface area contributed by atoms with Crippen molar-refractivity contribution in [3.8, 4) is 5.75 Å². The lowest BCUT2D eigenvalue weighted by Crippen LogP contribution is -2.43. The highest BCUT2D eigenvalue weighted by molar-refractivity contribution is 6.05. The smallest absolute Gasteiger partial charge is 0.338 e. The van der Waals surface area contributed by atoms with Crippen molar-refractivity contribution in [3.05, 3.63) is 17.7 Å². The molecule has 1 saturated carbocycles. The van der Waals surface area contributed by atoms with Crippen LogP contribution in [0.1, 0.15) is 30.1 Å². The van der Waals surface area contributed by atoms with E-state index in [4.69, 9.17) is 4.74 Å². The molecule has 1 aromatic carbocycles. The zero-order valence-corrected chi connectivity index (χ0v) is 12.6. The minimum Gasteiger partial charge on any atom is -0.488 e. The lowest BCUT2D eigenvalue weighted by molar-refractivity contribution is -0.134. The van der Waals surface area contributed by atoms with Crippen LogP contribution in [0.3, 0.4) is 0 Å². The molecule has 1 atom stereocenters. The third-order valence-electron chi connectivity index (χ3n) is 3.88. The van der Waals surface area contributed by atoms with E-state index in [1.807, 2.05) is 0 Å². The predicted molar refractivity (Wildman–Crippen MR) is 78.1 cm³/mol. The summed E-state index contributed by atoms with van der Waals surface area (Å²) >= 11 is 0. The molecule has 1 aromatic rings. The van der Waals surface area contributed by atoms with Crippen LogP contribution in [-0.4, -0.2) is 37.1 Å². The second-order valence-electron chi connectivity index (χ2n) is 5.75. The summed E-state index contributed by atoms with van der Waals surface area (Å²) in [4.78, 5) is 23.5. The summed E-state index contributed by atoms with van der Waals surface area (Å²) in [5.74, 6) is -3.33. The Balaban J connectivity index is 1.94. The Hall–Kier alpha value is -2.38. The fraction of sp³-hybridized carbons (Fsp3) is 0.467. The molecule has 124 valence electrons. The van der Waals surface area contributed by atoms with Gasteiger partial charge in [-0.15, -0.1) is 0 Å². The molecule has 1 fully saturated rings. The van der Waals surface area contributed by atoms with Crippen LogP contribution in [0, 0.1) is 0 Å². The van der Waals surface area contributed by atoms with Crippen LogP contribution in [-0.2, 0) is 9.53 Å². The number of ether oxygens (including phenoxy) is 2. The summed E-state index contributed by atoms with van der Waals surface area (Å²) < 4.78 is 36.2. The topological polar surface area (TPSA) is 76.7 Å². The monoisotopic (exact) mass is 326 g/mol. The minimum absolute atomic E-state index is 0.170. The number of halogens is 2. The average Bonchev–Trinajstić information content (AvgIpc) is 2.46. The Bertz CT molecular complexity index is 670. The van der Waals surface area contributed by atoms with Gasteiger partial charge < -0.3 is 20.1 Å². The highest BCUT2D eigenvalue weighted by Gasteiger charge is 2.47. The molecule has 1 aliphatic heterocycles. The minimum atomic E-state index is -2.71. The second-order valence-corrected chi connectivity index (χ2v) is 5.75. The zero-order chi connectivity index (χ0) is 16.8. The van der Waals surface area contributed by atoms with Gasteiger partial charge in [-0.25, -0.2) is 13.6 Å². The van der Waals surface area contributed by atoms with Gasteiger partial charge in [-0.3, -0.25) is 4.79 Å². The van der Waals surface area contributed by atoms with E-state index in [1.54, 1.807) is 6.92 Å². The number of amides is 1. The first-order valence-corrected chi connectivity index (χ1v) is 7.17. The fourth-order valence-corrected chi connectivity index (χ4v) is 2.58. The molecular formula is C15H16F2N2O4. The molecule has 2 aliphatic rings. The Labute approximate surface area is 131 Å². The molecule has 0 radical (unpaired) electrons. The number of rotatable bonds is 3. The molecular weight excluding hydrogens is 310 g/mol. The van der Waals surface area contributed by atoms with Crippen molar-refractivity contribution in [3.63, 3.8) is 0 Å². The maximum atomic E-state index is 13.0. The molecule has 0 bridgehead atoms. The van der Waals surface area contributed by atoms with E-state index in [0.717, 1.165) is 0 Å². The highest BCUT2D eigenvalue weighted by atomic mass is 19.3. The van der Waals surface area contributed by atoms with E-state index >= 15 is 0 Å². The summed E-state index contributed by atoms with van der Waals surface area (Å²) in [5.41, 5.74) is 1.00. The number of methoxy groups -OCH3 is 1. The Kier molecular flexibility index (Phi) is 3.62. The van der Waals surface area contributed by atoms with Crippen LogP contribution < -0.4 is 15.4 Å². The van der Waals surface area contributed by atoms with Gasteiger partial charge >= 0.3 is 5.97 Å². The van der Waals surface area contributed by atoms with Crippen molar-refractivity contribution in [2.75, 3.05) is 17.7 Å². The molecule has 1 heterocycles. The number of hydrogen-bond donors (Lipinski definition) is 2. The molecule has 0 spiro atoms. The predicted octanol–water partition coefficient (Wildman–Crippen LogP) is 2.40. The van der Waals surface area contributed by atoms with Crippen LogP contribution in [0.2, 0.25) is 0 Å². The zero-order valence-electron chi connectivity index (χ0n) is 12.6. The normalized spacial score (nSPS) is 22.3. The van der Waals surface area contributed by atoms with Crippen LogP contribution in [0.25, 0.3) is 0 Å². The molecule has 0 saturated heterocycles. The van der Waals surface area contributed by atoms with Gasteiger partial charge in [0.05, 0.1) is 18.4 Å². The lowest BCUT2D eigenvalue weighted by atomic mass is 9.91. The summed E-state index contributed by atoms with van der Waals surface area (Å²) in [6, 6.07) is 2.38. The second kappa shape index (κ2) is 5.36. The summed E-state index contributed by atoms with van der Waals surface area (Å²) in [6.07, 6.45) is -1.37. The fourth-order valence-electron chi connectivity index (χ4n) is 2.58. The van der Waals surface area contributed by atoms with Gasteiger partial charge in [0.15, 0.2) is 0 Å². The number of carbonyl (C=O) groups excluding carboxylic acids is 2. The molecule has 3 rings (SSSR count). The third-order valence-corrected chi connectivity index (χ3v) is 3.88. The molecule has 1 amide bonds. The number of fused-ring (bicyclic) bond motifs is 1. The first-order valence-electron chi connectivity index (χ1n) is 7.17. The van der Waals surface area contributed by atoms with E-state index in [-0.39, 0.29) is 30.1 Å². The van der Waals surface area contributed by atoms with Crippen molar-refractivity contribution >= 4 is 23.3 Å². The molecule has 23 heavy (non-hydrogen) atoms. The molecule has 8 heteroatoms. The molecule has 1 unspecified atom stereocenters. The van der Waals surface area contributed by atoms with Gasteiger partial charge in [0.25, 0.3) is 5.92 Å². The molecule has 0 aromatic heterocycles. The quantitative estimate of drug-likeness (QED) is 0.834. The van der Waals surface area contributed by atoms with Crippen molar-refractivity contribution in [1.29, 1.82) is 0 Å². The highest BCUT2D eigenvalue weighted by Crippen LogP contribution is 2.44. The van der Waals surface area contributed by atoms with Gasteiger partial charge in [-0.2, -0.15) is 0 Å². The SMILES string of the molecule is COC(=O)c1cc2c(c(OC3CC(F)(F)C3)c1)NC(C)C(=O)N2. The molecule has 2 N–H and O–H groups in total. The van der Waals surface area contributed by atoms with E-state index in [0.29, 0.717) is 11.4 Å². The third kappa shape index (κ3) is 2.93. The summed E-state index contributed by atoms with van der Waals surface area (Å²) in [5, 5.41) is 5.62. The lowest BCUT2D eigenvalue weighted by Gasteiger charge is -2.36. The number of hydrogen-bond acceptors (Lipinski definition) is 5. The van der Waals surface area contributed by atoms with Gasteiger partial charge in [0.1, 0.15) is 23.6 Å². The van der Waals surface area contributed by atoms with Crippen molar-refractivity contribution in [2.45, 2.75) is 37.8 Å². The van der Waals surface area contributed by atoms with E-state index in [1.165, 1.54) is 19.2 Å². The van der Waals surface area contributed by atoms with Crippen molar-refractivity contribution in [2.24, 2.45) is 0 Å². The van der Waals surface area contributed by atoms with Gasteiger partial charge in [0.2, 0.25) is 5.91 Å². The van der Waals surface area contributed by atoms with Crippen LogP contribution in [0.4, 0.5) is 20.2 Å². The van der Waals surface area contributed by atoms with E-state index in [2.05, 4.69) is 15.4 Å².